The number of rotatable bonds is 8. The van der Waals surface area contributed by atoms with E-state index in [-0.39, 0.29) is 0 Å². The Morgan fingerprint density at radius 2 is 1.07 bits per heavy atom. The van der Waals surface area contributed by atoms with Crippen LogP contribution >= 0.6 is 7.82 Å². The average molecular weight is 382 g/mol. The molecule has 0 fully saturated rings. The van der Waals surface area contributed by atoms with Crippen LogP contribution < -0.4 is 13.6 Å². The summed E-state index contributed by atoms with van der Waals surface area (Å²) in [5.74, 6) is 1.31. The molecule has 3 rings (SSSR count). The van der Waals surface area contributed by atoms with Gasteiger partial charge in [-0.3, -0.25) is 0 Å². The van der Waals surface area contributed by atoms with Crippen molar-refractivity contribution < 1.29 is 18.1 Å². The smallest absolute Gasteiger partial charge is 0.386 e. The van der Waals surface area contributed by atoms with Crippen LogP contribution in [0.4, 0.5) is 0 Å². The van der Waals surface area contributed by atoms with Crippen molar-refractivity contribution in [3.8, 4) is 17.2 Å². The molecule has 0 unspecified atom stereocenters. The molecule has 5 heteroatoms. The number of benzene rings is 3. The Morgan fingerprint density at radius 3 is 1.56 bits per heavy atom. The maximum atomic E-state index is 13.5. The Labute approximate surface area is 160 Å². The van der Waals surface area contributed by atoms with Gasteiger partial charge in [-0.25, -0.2) is 0 Å². The first-order chi connectivity index (χ1) is 13.1. The summed E-state index contributed by atoms with van der Waals surface area (Å²) in [6.45, 7) is 4.10. The third kappa shape index (κ3) is 5.38. The zero-order valence-corrected chi connectivity index (χ0v) is 16.4. The van der Waals surface area contributed by atoms with Crippen LogP contribution in [0.1, 0.15) is 25.0 Å². The molecule has 0 amide bonds. The van der Waals surface area contributed by atoms with Crippen molar-refractivity contribution in [2.24, 2.45) is 0 Å². The minimum absolute atomic E-state index is 0.416. The van der Waals surface area contributed by atoms with E-state index in [2.05, 4.69) is 0 Å². The molecular weight excluding hydrogens is 359 g/mol. The largest absolute Gasteiger partial charge is 0.647 e. The molecule has 0 heterocycles. The molecule has 3 aromatic rings. The number of phosphoric acid groups is 1. The second-order valence-electron chi connectivity index (χ2n) is 6.04. The van der Waals surface area contributed by atoms with E-state index in [0.29, 0.717) is 17.2 Å². The summed E-state index contributed by atoms with van der Waals surface area (Å²) in [5.41, 5.74) is 2.15. The van der Waals surface area contributed by atoms with E-state index in [4.69, 9.17) is 13.6 Å². The third-order valence-electron chi connectivity index (χ3n) is 4.01. The minimum Gasteiger partial charge on any atom is -0.386 e. The molecule has 0 saturated heterocycles. The molecule has 27 heavy (non-hydrogen) atoms. The van der Waals surface area contributed by atoms with E-state index in [9.17, 15) is 4.57 Å². The second-order valence-corrected chi connectivity index (χ2v) is 7.48. The number of para-hydroxylation sites is 1. The highest BCUT2D eigenvalue weighted by molar-refractivity contribution is 7.49. The monoisotopic (exact) mass is 382 g/mol. The molecule has 0 aliphatic carbocycles. The van der Waals surface area contributed by atoms with Crippen molar-refractivity contribution in [3.63, 3.8) is 0 Å². The minimum atomic E-state index is -3.95. The fourth-order valence-electron chi connectivity index (χ4n) is 2.57. The SMILES string of the molecule is CCc1cccc(OP(=O)(Oc2ccccc2)Oc2cccc(CC)c2)c1. The van der Waals surface area contributed by atoms with E-state index in [1.165, 1.54) is 0 Å². The first kappa shape index (κ1) is 19.1. The van der Waals surface area contributed by atoms with Crippen molar-refractivity contribution in [2.45, 2.75) is 26.7 Å². The van der Waals surface area contributed by atoms with Gasteiger partial charge in [-0.1, -0.05) is 56.3 Å². The summed E-state index contributed by atoms with van der Waals surface area (Å²) < 4.78 is 30.6. The lowest BCUT2D eigenvalue weighted by Crippen LogP contribution is -2.08. The number of hydrogen-bond acceptors (Lipinski definition) is 4. The van der Waals surface area contributed by atoms with Crippen LogP contribution in [0.3, 0.4) is 0 Å². The molecule has 0 saturated carbocycles. The van der Waals surface area contributed by atoms with Crippen molar-refractivity contribution in [3.05, 3.63) is 90.0 Å². The summed E-state index contributed by atoms with van der Waals surface area (Å²) in [4.78, 5) is 0. The van der Waals surface area contributed by atoms with Gasteiger partial charge in [-0.2, -0.15) is 4.57 Å². The van der Waals surface area contributed by atoms with Crippen LogP contribution in [0.2, 0.25) is 0 Å². The van der Waals surface area contributed by atoms with Gasteiger partial charge >= 0.3 is 7.82 Å². The summed E-state index contributed by atoms with van der Waals surface area (Å²) in [6, 6.07) is 23.7. The molecule has 3 aromatic carbocycles. The van der Waals surface area contributed by atoms with Crippen LogP contribution in [0, 0.1) is 0 Å². The van der Waals surface area contributed by atoms with Gasteiger partial charge in [0.2, 0.25) is 0 Å². The van der Waals surface area contributed by atoms with E-state index in [0.717, 1.165) is 24.0 Å². The van der Waals surface area contributed by atoms with Gasteiger partial charge in [0.15, 0.2) is 0 Å². The third-order valence-corrected chi connectivity index (χ3v) is 5.31. The Bertz CT molecular complexity index is 871. The Kier molecular flexibility index (Phi) is 6.20. The van der Waals surface area contributed by atoms with Gasteiger partial charge in [-0.05, 0) is 60.4 Å². The molecule has 0 bridgehead atoms. The summed E-state index contributed by atoms with van der Waals surface area (Å²) in [5, 5.41) is 0. The van der Waals surface area contributed by atoms with Crippen LogP contribution in [-0.2, 0) is 17.4 Å². The lowest BCUT2D eigenvalue weighted by atomic mass is 10.2. The Hall–Kier alpha value is -2.71. The Morgan fingerprint density at radius 1 is 0.630 bits per heavy atom. The van der Waals surface area contributed by atoms with Gasteiger partial charge in [0.25, 0.3) is 0 Å². The van der Waals surface area contributed by atoms with Crippen molar-refractivity contribution in [1.82, 2.24) is 0 Å². The zero-order chi connectivity index (χ0) is 19.1. The van der Waals surface area contributed by atoms with Crippen LogP contribution in [0.25, 0.3) is 0 Å². The maximum absolute atomic E-state index is 13.5. The topological polar surface area (TPSA) is 44.8 Å². The zero-order valence-electron chi connectivity index (χ0n) is 15.5. The fraction of sp³-hybridized carbons (Fsp3) is 0.182. The highest BCUT2D eigenvalue weighted by atomic mass is 31.2. The highest BCUT2D eigenvalue weighted by Crippen LogP contribution is 2.49. The summed E-state index contributed by atoms with van der Waals surface area (Å²) in [6.07, 6.45) is 1.70. The standard InChI is InChI=1S/C22H23O4P/c1-3-18-10-8-14-21(16-18)25-27(23,24-20-12-6-5-7-13-20)26-22-15-9-11-19(4-2)17-22/h5-17H,3-4H2,1-2H3. The molecule has 0 atom stereocenters. The highest BCUT2D eigenvalue weighted by Gasteiger charge is 2.33. The number of hydrogen-bond donors (Lipinski definition) is 0. The lowest BCUT2D eigenvalue weighted by molar-refractivity contribution is 0.298. The maximum Gasteiger partial charge on any atom is 0.647 e. The summed E-state index contributed by atoms with van der Waals surface area (Å²) in [7, 11) is -3.95. The fourth-order valence-corrected chi connectivity index (χ4v) is 3.80. The predicted molar refractivity (Wildman–Crippen MR) is 108 cm³/mol. The van der Waals surface area contributed by atoms with Gasteiger partial charge in [-0.15, -0.1) is 0 Å². The first-order valence-electron chi connectivity index (χ1n) is 9.02. The predicted octanol–water partition coefficient (Wildman–Crippen LogP) is 6.46. The van der Waals surface area contributed by atoms with Gasteiger partial charge in [0.1, 0.15) is 17.2 Å². The van der Waals surface area contributed by atoms with Crippen LogP contribution in [0.15, 0.2) is 78.9 Å². The van der Waals surface area contributed by atoms with Crippen molar-refractivity contribution >= 4 is 7.82 Å². The van der Waals surface area contributed by atoms with Crippen LogP contribution in [0.5, 0.6) is 17.2 Å². The van der Waals surface area contributed by atoms with E-state index in [1.54, 1.807) is 36.4 Å². The first-order valence-corrected chi connectivity index (χ1v) is 10.5. The lowest BCUT2D eigenvalue weighted by Gasteiger charge is -2.20. The quantitative estimate of drug-likeness (QED) is 0.420. The van der Waals surface area contributed by atoms with Crippen LogP contribution in [-0.4, -0.2) is 0 Å². The van der Waals surface area contributed by atoms with Crippen molar-refractivity contribution in [2.75, 3.05) is 0 Å². The average Bonchev–Trinajstić information content (AvgIpc) is 2.68. The van der Waals surface area contributed by atoms with E-state index in [1.807, 2.05) is 56.3 Å². The second kappa shape index (κ2) is 8.79. The normalized spacial score (nSPS) is 11.0. The molecule has 0 spiro atoms. The molecule has 0 aromatic heterocycles. The molecule has 4 nitrogen and oxygen atoms in total. The molecular formula is C22H23O4P. The molecule has 140 valence electrons. The number of phosphoric ester groups is 1. The molecule has 0 aliphatic rings. The molecule has 0 aliphatic heterocycles. The molecule has 0 radical (unpaired) electrons. The van der Waals surface area contributed by atoms with E-state index >= 15 is 0 Å². The van der Waals surface area contributed by atoms with Gasteiger partial charge < -0.3 is 13.6 Å². The number of aryl methyl sites for hydroxylation is 2. The summed E-state index contributed by atoms with van der Waals surface area (Å²) >= 11 is 0. The molecule has 0 N–H and O–H groups in total. The van der Waals surface area contributed by atoms with Gasteiger partial charge in [0.05, 0.1) is 0 Å². The van der Waals surface area contributed by atoms with Crippen molar-refractivity contribution in [1.29, 1.82) is 0 Å². The Balaban J connectivity index is 1.90. The van der Waals surface area contributed by atoms with E-state index < -0.39 is 7.82 Å². The van der Waals surface area contributed by atoms with Gasteiger partial charge in [0, 0.05) is 0 Å².